The van der Waals surface area contributed by atoms with Crippen LogP contribution in [0.1, 0.15) is 19.3 Å². The highest BCUT2D eigenvalue weighted by Crippen LogP contribution is 2.28. The number of nitrogens with one attached hydrogen (secondary N) is 1. The molecule has 110 valence electrons. The van der Waals surface area contributed by atoms with E-state index < -0.39 is 12.1 Å². The molecule has 2 amide bonds. The minimum atomic E-state index is -1.44. The number of carboxylic acids is 1. The highest BCUT2D eigenvalue weighted by atomic mass is 16.5. The Morgan fingerprint density at radius 2 is 2.16 bits per heavy atom. The summed E-state index contributed by atoms with van der Waals surface area (Å²) in [5.41, 5.74) is 0. The lowest BCUT2D eigenvalue weighted by Gasteiger charge is -2.18. The third kappa shape index (κ3) is 6.97. The van der Waals surface area contributed by atoms with Crippen LogP contribution < -0.4 is 5.32 Å². The SMILES string of the molecule is CN(CCOCC1CC1)C(=O)NCC[C@H](O)C(=O)O. The molecule has 3 N–H and O–H groups in total. The van der Waals surface area contributed by atoms with Crippen molar-refractivity contribution in [1.29, 1.82) is 0 Å². The Hall–Kier alpha value is -1.34. The van der Waals surface area contributed by atoms with Crippen molar-refractivity contribution in [3.8, 4) is 0 Å². The number of nitrogens with zero attached hydrogens (tertiary/aromatic N) is 1. The topological polar surface area (TPSA) is 99.1 Å². The Bertz CT molecular complexity index is 306. The summed E-state index contributed by atoms with van der Waals surface area (Å²) in [5, 5.41) is 20.0. The van der Waals surface area contributed by atoms with Crippen LogP contribution in [0.3, 0.4) is 0 Å². The summed E-state index contributed by atoms with van der Waals surface area (Å²) in [6.07, 6.45) is 1.03. The van der Waals surface area contributed by atoms with Gasteiger partial charge in [0.25, 0.3) is 0 Å². The zero-order chi connectivity index (χ0) is 14.3. The van der Waals surface area contributed by atoms with Gasteiger partial charge in [-0.05, 0) is 18.8 Å². The van der Waals surface area contributed by atoms with Crippen molar-refractivity contribution in [3.63, 3.8) is 0 Å². The molecule has 0 bridgehead atoms. The number of carboxylic acid groups (broad SMARTS) is 1. The minimum absolute atomic E-state index is 0.00685. The van der Waals surface area contributed by atoms with Crippen LogP contribution in [-0.4, -0.2) is 66.6 Å². The molecule has 7 nitrogen and oxygen atoms in total. The van der Waals surface area contributed by atoms with Gasteiger partial charge in [0.1, 0.15) is 0 Å². The number of ether oxygens (including phenoxy) is 1. The summed E-state index contributed by atoms with van der Waals surface area (Å²) in [6.45, 7) is 1.87. The maximum atomic E-state index is 11.6. The number of aliphatic hydroxyl groups is 1. The first kappa shape index (κ1) is 15.7. The number of hydrogen-bond acceptors (Lipinski definition) is 4. The molecule has 0 aliphatic heterocycles. The summed E-state index contributed by atoms with van der Waals surface area (Å²) in [4.78, 5) is 23.4. The van der Waals surface area contributed by atoms with Gasteiger partial charge in [0.05, 0.1) is 6.61 Å². The third-order valence-corrected chi connectivity index (χ3v) is 2.95. The number of aliphatic hydroxyl groups excluding tert-OH is 1. The van der Waals surface area contributed by atoms with Gasteiger partial charge >= 0.3 is 12.0 Å². The van der Waals surface area contributed by atoms with Gasteiger partial charge in [0.15, 0.2) is 6.10 Å². The lowest BCUT2D eigenvalue weighted by atomic mass is 10.2. The quantitative estimate of drug-likeness (QED) is 0.509. The molecule has 1 aliphatic rings. The van der Waals surface area contributed by atoms with Crippen LogP contribution in [-0.2, 0) is 9.53 Å². The van der Waals surface area contributed by atoms with Crippen LogP contribution in [0.15, 0.2) is 0 Å². The molecule has 19 heavy (non-hydrogen) atoms. The van der Waals surface area contributed by atoms with Gasteiger partial charge in [-0.2, -0.15) is 0 Å². The third-order valence-electron chi connectivity index (χ3n) is 2.95. The van der Waals surface area contributed by atoms with E-state index in [1.165, 1.54) is 17.7 Å². The van der Waals surface area contributed by atoms with Crippen molar-refractivity contribution in [2.24, 2.45) is 5.92 Å². The summed E-state index contributed by atoms with van der Waals surface area (Å²) in [7, 11) is 1.64. The molecule has 1 aliphatic carbocycles. The van der Waals surface area contributed by atoms with E-state index in [4.69, 9.17) is 14.9 Å². The second-order valence-corrected chi connectivity index (χ2v) is 4.81. The average molecular weight is 274 g/mol. The zero-order valence-corrected chi connectivity index (χ0v) is 11.2. The number of carbonyl (C=O) groups is 2. The van der Waals surface area contributed by atoms with E-state index in [9.17, 15) is 9.59 Å². The summed E-state index contributed by atoms with van der Waals surface area (Å²) >= 11 is 0. The average Bonchev–Trinajstić information content (AvgIpc) is 3.17. The van der Waals surface area contributed by atoms with Crippen LogP contribution in [0.2, 0.25) is 0 Å². The fourth-order valence-corrected chi connectivity index (χ4v) is 1.41. The first-order valence-electron chi connectivity index (χ1n) is 6.48. The Balaban J connectivity index is 2.01. The van der Waals surface area contributed by atoms with Crippen molar-refractivity contribution < 1.29 is 24.5 Å². The van der Waals surface area contributed by atoms with Crippen molar-refractivity contribution in [2.75, 3.05) is 33.4 Å². The molecule has 1 saturated carbocycles. The van der Waals surface area contributed by atoms with Crippen molar-refractivity contribution in [1.82, 2.24) is 10.2 Å². The van der Waals surface area contributed by atoms with Crippen molar-refractivity contribution in [3.05, 3.63) is 0 Å². The maximum absolute atomic E-state index is 11.6. The highest BCUT2D eigenvalue weighted by Gasteiger charge is 2.21. The van der Waals surface area contributed by atoms with Crippen LogP contribution in [0.5, 0.6) is 0 Å². The van der Waals surface area contributed by atoms with E-state index in [0.717, 1.165) is 6.61 Å². The number of carbonyl (C=O) groups excluding carboxylic acids is 1. The molecule has 7 heteroatoms. The molecule has 0 spiro atoms. The normalized spacial score (nSPS) is 15.9. The second kappa shape index (κ2) is 7.96. The molecule has 1 atom stereocenters. The Morgan fingerprint density at radius 1 is 1.47 bits per heavy atom. The highest BCUT2D eigenvalue weighted by molar-refractivity contribution is 5.74. The first-order chi connectivity index (χ1) is 9.00. The lowest BCUT2D eigenvalue weighted by Crippen LogP contribution is -2.40. The van der Waals surface area contributed by atoms with Gasteiger partial charge in [-0.15, -0.1) is 0 Å². The summed E-state index contributed by atoms with van der Waals surface area (Å²) in [6, 6.07) is -0.299. The zero-order valence-electron chi connectivity index (χ0n) is 11.2. The molecule has 1 rings (SSSR count). The molecular formula is C12H22N2O5. The molecule has 0 aromatic carbocycles. The van der Waals surface area contributed by atoms with E-state index in [2.05, 4.69) is 5.32 Å². The monoisotopic (exact) mass is 274 g/mol. The molecule has 0 saturated heterocycles. The van der Waals surface area contributed by atoms with Gasteiger partial charge in [-0.25, -0.2) is 9.59 Å². The molecule has 1 fully saturated rings. The van der Waals surface area contributed by atoms with Gasteiger partial charge in [-0.1, -0.05) is 0 Å². The Morgan fingerprint density at radius 3 is 2.74 bits per heavy atom. The standard InChI is InChI=1S/C12H22N2O5/c1-14(6-7-19-8-9-2-3-9)12(18)13-5-4-10(15)11(16)17/h9-10,15H,2-8H2,1H3,(H,13,18)(H,16,17)/t10-/m0/s1. The van der Waals surface area contributed by atoms with Crippen LogP contribution in [0.4, 0.5) is 4.79 Å². The van der Waals surface area contributed by atoms with Gasteiger partial charge in [-0.3, -0.25) is 0 Å². The number of urea groups is 1. The number of amides is 2. The van der Waals surface area contributed by atoms with E-state index in [0.29, 0.717) is 19.1 Å². The second-order valence-electron chi connectivity index (χ2n) is 4.81. The summed E-state index contributed by atoms with van der Waals surface area (Å²) in [5.74, 6) is -0.576. The van der Waals surface area contributed by atoms with E-state index in [1.807, 2.05) is 0 Å². The largest absolute Gasteiger partial charge is 0.479 e. The fraction of sp³-hybridized carbons (Fsp3) is 0.833. The van der Waals surface area contributed by atoms with Crippen molar-refractivity contribution in [2.45, 2.75) is 25.4 Å². The molecule has 0 radical (unpaired) electrons. The Kier molecular flexibility index (Phi) is 6.58. The molecule has 0 unspecified atom stereocenters. The molecule has 0 aromatic rings. The molecule has 0 aromatic heterocycles. The predicted octanol–water partition coefficient (Wildman–Crippen LogP) is -0.110. The van der Waals surface area contributed by atoms with Crippen LogP contribution in [0.25, 0.3) is 0 Å². The van der Waals surface area contributed by atoms with E-state index in [-0.39, 0.29) is 19.0 Å². The predicted molar refractivity (Wildman–Crippen MR) is 67.8 cm³/mol. The fourth-order valence-electron chi connectivity index (χ4n) is 1.41. The van der Waals surface area contributed by atoms with Gasteiger partial charge in [0.2, 0.25) is 0 Å². The minimum Gasteiger partial charge on any atom is -0.479 e. The molecular weight excluding hydrogens is 252 g/mol. The summed E-state index contributed by atoms with van der Waals surface area (Å²) < 4.78 is 5.41. The number of aliphatic carboxylic acids is 1. The van der Waals surface area contributed by atoms with Crippen LogP contribution in [0, 0.1) is 5.92 Å². The smallest absolute Gasteiger partial charge is 0.332 e. The lowest BCUT2D eigenvalue weighted by molar-refractivity contribution is -0.146. The number of hydrogen-bond donors (Lipinski definition) is 3. The number of rotatable bonds is 9. The number of likely N-dealkylation sites (N-methyl/N-ethyl adjacent to an activating group) is 1. The Labute approximate surface area is 112 Å². The maximum Gasteiger partial charge on any atom is 0.332 e. The van der Waals surface area contributed by atoms with E-state index in [1.54, 1.807) is 7.05 Å². The van der Waals surface area contributed by atoms with Crippen molar-refractivity contribution >= 4 is 12.0 Å². The van der Waals surface area contributed by atoms with Gasteiger partial charge < -0.3 is 25.2 Å². The van der Waals surface area contributed by atoms with Crippen LogP contribution >= 0.6 is 0 Å². The van der Waals surface area contributed by atoms with E-state index >= 15 is 0 Å². The molecule has 0 heterocycles. The van der Waals surface area contributed by atoms with Gasteiger partial charge in [0, 0.05) is 33.2 Å². The first-order valence-corrected chi connectivity index (χ1v) is 6.48.